The van der Waals surface area contributed by atoms with Crippen LogP contribution in [0.2, 0.25) is 0 Å². The first-order chi connectivity index (χ1) is 16.6. The third kappa shape index (κ3) is 4.84. The second kappa shape index (κ2) is 9.80. The summed E-state index contributed by atoms with van der Waals surface area (Å²) in [6.45, 7) is 1.02. The van der Waals surface area contributed by atoms with Crippen molar-refractivity contribution in [3.63, 3.8) is 0 Å². The number of rotatable bonds is 8. The molecule has 2 rings (SSSR count). The quantitative estimate of drug-likeness (QED) is 0.206. The van der Waals surface area contributed by atoms with Crippen LogP contribution in [-0.4, -0.2) is 54.3 Å². The maximum Gasteiger partial charge on any atom is 0.460 e. The van der Waals surface area contributed by atoms with E-state index in [0.717, 1.165) is 5.32 Å². The van der Waals surface area contributed by atoms with E-state index in [4.69, 9.17) is 4.74 Å². The second-order valence-electron chi connectivity index (χ2n) is 7.81. The molecule has 1 aliphatic rings. The lowest BCUT2D eigenvalue weighted by molar-refractivity contribution is -0.435. The summed E-state index contributed by atoms with van der Waals surface area (Å²) >= 11 is 0.390. The van der Waals surface area contributed by atoms with Crippen LogP contribution in [0.5, 0.6) is 0 Å². The number of esters is 1. The van der Waals surface area contributed by atoms with Crippen LogP contribution < -0.4 is 5.32 Å². The Kier molecular flexibility index (Phi) is 8.20. The van der Waals surface area contributed by atoms with Crippen LogP contribution >= 0.6 is 11.3 Å². The van der Waals surface area contributed by atoms with Crippen molar-refractivity contribution in [3.05, 3.63) is 16.0 Å². The van der Waals surface area contributed by atoms with Crippen molar-refractivity contribution in [2.24, 2.45) is 0 Å². The molecule has 0 radical (unpaired) electrons. The smallest absolute Gasteiger partial charge is 0.460 e. The van der Waals surface area contributed by atoms with Crippen LogP contribution in [0.25, 0.3) is 0 Å². The number of carbonyl (C=O) groups is 2. The Morgan fingerprint density at radius 3 is 1.81 bits per heavy atom. The zero-order valence-corrected chi connectivity index (χ0v) is 19.1. The number of hydrogen-bond donors (Lipinski definition) is 1. The largest absolute Gasteiger partial charge is 0.462 e. The van der Waals surface area contributed by atoms with E-state index in [-0.39, 0.29) is 25.0 Å². The lowest BCUT2D eigenvalue weighted by Gasteiger charge is -2.39. The molecule has 0 bridgehead atoms. The lowest BCUT2D eigenvalue weighted by Crippen LogP contribution is -2.71. The number of fused-ring (bicyclic) bond motifs is 1. The summed E-state index contributed by atoms with van der Waals surface area (Å²) < 4.78 is 178. The van der Waals surface area contributed by atoms with Gasteiger partial charge in [-0.2, -0.15) is 57.1 Å². The van der Waals surface area contributed by atoms with Crippen LogP contribution in [0.4, 0.5) is 62.1 Å². The molecule has 1 N–H and O–H groups in total. The summed E-state index contributed by atoms with van der Waals surface area (Å²) in [4.78, 5) is 24.6. The molecule has 1 aromatic heterocycles. The number of thiophene rings is 1. The van der Waals surface area contributed by atoms with Gasteiger partial charge in [0.1, 0.15) is 5.00 Å². The van der Waals surface area contributed by atoms with Crippen molar-refractivity contribution in [2.45, 2.75) is 74.8 Å². The minimum Gasteiger partial charge on any atom is -0.462 e. The van der Waals surface area contributed by atoms with Gasteiger partial charge in [0.25, 0.3) is 0 Å². The van der Waals surface area contributed by atoms with E-state index < -0.39 is 58.2 Å². The van der Waals surface area contributed by atoms with Crippen LogP contribution in [0.15, 0.2) is 0 Å². The van der Waals surface area contributed by atoms with Gasteiger partial charge in [-0.15, -0.1) is 11.3 Å². The summed E-state index contributed by atoms with van der Waals surface area (Å²) in [7, 11) is 0. The van der Waals surface area contributed by atoms with Crippen molar-refractivity contribution in [1.29, 1.82) is 0 Å². The first-order valence-electron chi connectivity index (χ1n) is 10.2. The summed E-state index contributed by atoms with van der Waals surface area (Å²) in [5.74, 6) is -43.6. The highest BCUT2D eigenvalue weighted by molar-refractivity contribution is 7.17. The SMILES string of the molecule is CCOC(=O)c1c(NC(=O)C(F)(F)C(F)(F)C(F)(F)C(F)(F)C(F)(F)C(F)(F)F)sc2c1CCCCC2. The average Bonchev–Trinajstić information content (AvgIpc) is 2.92. The van der Waals surface area contributed by atoms with E-state index in [0.29, 0.717) is 35.5 Å². The van der Waals surface area contributed by atoms with Crippen molar-refractivity contribution in [2.75, 3.05) is 11.9 Å². The van der Waals surface area contributed by atoms with Gasteiger partial charge in [-0.1, -0.05) is 6.42 Å². The fraction of sp³-hybridized carbons (Fsp3) is 0.684. The molecule has 1 aromatic rings. The Bertz CT molecular complexity index is 1030. The topological polar surface area (TPSA) is 55.4 Å². The number of alkyl halides is 13. The summed E-state index contributed by atoms with van der Waals surface area (Å²) in [6, 6.07) is 0. The molecule has 0 unspecified atom stereocenters. The molecule has 37 heavy (non-hydrogen) atoms. The number of halogens is 13. The van der Waals surface area contributed by atoms with Gasteiger partial charge in [-0.3, -0.25) is 4.79 Å². The van der Waals surface area contributed by atoms with Gasteiger partial charge in [0, 0.05) is 4.88 Å². The molecular weight excluding hydrogens is 569 g/mol. The summed E-state index contributed by atoms with van der Waals surface area (Å²) in [6.07, 6.45) is -5.61. The molecular formula is C19H16F13NO3S. The van der Waals surface area contributed by atoms with E-state index in [1.54, 1.807) is 0 Å². The molecule has 0 aromatic carbocycles. The Balaban J connectivity index is 2.52. The Morgan fingerprint density at radius 1 is 0.784 bits per heavy atom. The highest BCUT2D eigenvalue weighted by Gasteiger charge is 2.91. The third-order valence-corrected chi connectivity index (χ3v) is 6.55. The van der Waals surface area contributed by atoms with Gasteiger partial charge >= 0.3 is 47.7 Å². The molecule has 0 fully saturated rings. The van der Waals surface area contributed by atoms with Crippen LogP contribution in [0, 0.1) is 0 Å². The van der Waals surface area contributed by atoms with Gasteiger partial charge in [0.05, 0.1) is 12.2 Å². The van der Waals surface area contributed by atoms with Gasteiger partial charge in [-0.25, -0.2) is 4.79 Å². The predicted octanol–water partition coefficient (Wildman–Crippen LogP) is 6.87. The molecule has 1 aliphatic carbocycles. The number of ether oxygens (including phenoxy) is 1. The minimum atomic E-state index is -8.12. The fourth-order valence-electron chi connectivity index (χ4n) is 3.34. The Morgan fingerprint density at radius 2 is 1.30 bits per heavy atom. The molecule has 0 spiro atoms. The van der Waals surface area contributed by atoms with Gasteiger partial charge < -0.3 is 10.1 Å². The molecule has 18 heteroatoms. The van der Waals surface area contributed by atoms with Crippen molar-refractivity contribution in [1.82, 2.24) is 0 Å². The van der Waals surface area contributed by atoms with Crippen molar-refractivity contribution < 1.29 is 71.4 Å². The zero-order valence-electron chi connectivity index (χ0n) is 18.3. The van der Waals surface area contributed by atoms with E-state index in [9.17, 15) is 66.7 Å². The first kappa shape index (κ1) is 31.0. The number of anilines is 1. The molecule has 0 saturated carbocycles. The normalized spacial score (nSPS) is 16.2. The second-order valence-corrected chi connectivity index (χ2v) is 8.92. The van der Waals surface area contributed by atoms with E-state index in [1.807, 2.05) is 0 Å². The Labute approximate surface area is 203 Å². The number of nitrogens with one attached hydrogen (secondary N) is 1. The van der Waals surface area contributed by atoms with Crippen LogP contribution in [0.3, 0.4) is 0 Å². The highest BCUT2D eigenvalue weighted by atomic mass is 32.1. The number of hydrogen-bond acceptors (Lipinski definition) is 4. The van der Waals surface area contributed by atoms with E-state index >= 15 is 0 Å². The highest BCUT2D eigenvalue weighted by Crippen LogP contribution is 2.60. The predicted molar refractivity (Wildman–Crippen MR) is 101 cm³/mol. The van der Waals surface area contributed by atoms with E-state index in [2.05, 4.69) is 0 Å². The van der Waals surface area contributed by atoms with Crippen molar-refractivity contribution in [3.8, 4) is 0 Å². The van der Waals surface area contributed by atoms with Crippen molar-refractivity contribution >= 4 is 28.2 Å². The average molecular weight is 585 g/mol. The molecule has 1 amide bonds. The fourth-order valence-corrected chi connectivity index (χ4v) is 4.62. The standard InChI is InChI=1S/C19H16F13NO3S/c1-2-36-12(34)10-8-6-4-3-5-7-9(8)37-11(10)33-13(35)14(20,21)15(22,23)16(24,25)17(26,27)18(28,29)19(30,31)32/h2-7H2,1H3,(H,33,35). The maximum absolute atomic E-state index is 14.2. The molecule has 0 aliphatic heterocycles. The molecule has 212 valence electrons. The van der Waals surface area contributed by atoms with Crippen LogP contribution in [-0.2, 0) is 22.4 Å². The summed E-state index contributed by atoms with van der Waals surface area (Å²) in [5.41, 5.74) is -0.440. The minimum absolute atomic E-state index is 0.124. The number of amides is 1. The van der Waals surface area contributed by atoms with Crippen LogP contribution in [0.1, 0.15) is 47.0 Å². The number of aryl methyl sites for hydroxylation is 1. The molecule has 1 heterocycles. The number of carbonyl (C=O) groups excluding carboxylic acids is 2. The lowest BCUT2D eigenvalue weighted by atomic mass is 9.93. The summed E-state index contributed by atoms with van der Waals surface area (Å²) in [5, 5.41) is 0.112. The Hall–Kier alpha value is -2.27. The zero-order chi connectivity index (χ0) is 28.8. The maximum atomic E-state index is 14.2. The first-order valence-corrected chi connectivity index (χ1v) is 11.0. The third-order valence-electron chi connectivity index (χ3n) is 5.35. The monoisotopic (exact) mass is 585 g/mol. The van der Waals surface area contributed by atoms with E-state index in [1.165, 1.54) is 6.92 Å². The molecule has 0 atom stereocenters. The molecule has 0 saturated heterocycles. The van der Waals surface area contributed by atoms with Gasteiger partial charge in [-0.05, 0) is 38.2 Å². The molecule has 4 nitrogen and oxygen atoms in total. The van der Waals surface area contributed by atoms with Gasteiger partial charge in [0.2, 0.25) is 0 Å². The van der Waals surface area contributed by atoms with Gasteiger partial charge in [0.15, 0.2) is 0 Å².